The van der Waals surface area contributed by atoms with Crippen molar-refractivity contribution in [3.05, 3.63) is 13.2 Å². The van der Waals surface area contributed by atoms with Crippen molar-refractivity contribution < 1.29 is 0 Å². The van der Waals surface area contributed by atoms with Gasteiger partial charge >= 0.3 is 0 Å². The summed E-state index contributed by atoms with van der Waals surface area (Å²) >= 11 is 4.79. The third-order valence-corrected chi connectivity index (χ3v) is 5.31. The lowest BCUT2D eigenvalue weighted by Crippen LogP contribution is -2.41. The van der Waals surface area contributed by atoms with E-state index in [4.69, 9.17) is 0 Å². The van der Waals surface area contributed by atoms with Gasteiger partial charge in [-0.1, -0.05) is 17.0 Å². The summed E-state index contributed by atoms with van der Waals surface area (Å²) in [7, 11) is 6.54. The largest absolute Gasteiger partial charge is 0.139 e. The first-order valence-electron chi connectivity index (χ1n) is 3.46. The maximum atomic E-state index is 2.40. The van der Waals surface area contributed by atoms with Crippen molar-refractivity contribution in [2.45, 2.75) is 0 Å². The molecule has 0 amide bonds. The summed E-state index contributed by atoms with van der Waals surface area (Å²) in [5, 5.41) is 0. The molecule has 54 valence electrons. The minimum atomic E-state index is 1.36. The first-order chi connectivity index (χ1) is 5.04. The molecule has 0 N–H and O–H groups in total. The topological polar surface area (TPSA) is 0 Å². The van der Waals surface area contributed by atoms with E-state index in [-0.39, 0.29) is 0 Å². The Morgan fingerprint density at radius 1 is 1.00 bits per heavy atom. The summed E-state index contributed by atoms with van der Waals surface area (Å²) in [6.45, 7) is 0. The highest BCUT2D eigenvalue weighted by Crippen LogP contribution is 2.08. The van der Waals surface area contributed by atoms with Crippen LogP contribution in [0.1, 0.15) is 0 Å². The molecule has 0 atom stereocenters. The molecule has 0 bridgehead atoms. The van der Waals surface area contributed by atoms with E-state index in [1.165, 1.54) is 23.5 Å². The second kappa shape index (κ2) is 3.72. The van der Waals surface area contributed by atoms with Gasteiger partial charge in [-0.3, -0.25) is 0 Å². The van der Waals surface area contributed by atoms with E-state index in [2.05, 4.69) is 74.8 Å². The van der Waals surface area contributed by atoms with Crippen LogP contribution in [0, 0.1) is 7.14 Å². The Morgan fingerprint density at radius 3 is 2.09 bits per heavy atom. The first kappa shape index (κ1) is 9.96. The Morgan fingerprint density at radius 2 is 1.55 bits per heavy atom. The fraction of sp³-hybridized carbons (Fsp3) is 0. The minimum absolute atomic E-state index is 1.36. The van der Waals surface area contributed by atoms with E-state index in [1.54, 1.807) is 0 Å². The van der Waals surface area contributed by atoms with Gasteiger partial charge in [-0.15, -0.1) is 5.46 Å². The van der Waals surface area contributed by atoms with E-state index in [1.807, 2.05) is 0 Å². The monoisotopic (exact) mass is 366 g/mol. The Bertz CT molecular complexity index is 272. The van der Waals surface area contributed by atoms with Crippen LogP contribution in [0.3, 0.4) is 0 Å². The predicted molar refractivity (Wildman–Crippen MR) is 76.4 cm³/mol. The molecule has 0 saturated heterocycles. The third-order valence-electron chi connectivity index (χ3n) is 2.04. The molecule has 0 fully saturated rings. The number of halogens is 2. The van der Waals surface area contributed by atoms with Gasteiger partial charge in [0.05, 0.1) is 0 Å². The van der Waals surface area contributed by atoms with Crippen molar-refractivity contribution in [2.24, 2.45) is 0 Å². The Kier molecular flexibility index (Phi) is 3.37. The Balaban J connectivity index is 3.46. The lowest BCUT2D eigenvalue weighted by molar-refractivity contribution is 1.70. The number of hydrogen-bond acceptors (Lipinski definition) is 0. The standard InChI is InChI=1S/C6H7B3I2/c7-2-1-3(10)6(11)5(9)4(2)8/h1H,7-9H2. The average molecular weight is 365 g/mol. The van der Waals surface area contributed by atoms with Crippen molar-refractivity contribution in [1.29, 1.82) is 0 Å². The molecule has 0 aliphatic rings. The highest BCUT2D eigenvalue weighted by Gasteiger charge is 2.04. The SMILES string of the molecule is Bc1cc(I)c(I)c(B)c1B. The van der Waals surface area contributed by atoms with Gasteiger partial charge in [0.1, 0.15) is 23.5 Å². The Hall–Kier alpha value is 0.875. The minimum Gasteiger partial charge on any atom is -0.100 e. The van der Waals surface area contributed by atoms with E-state index in [9.17, 15) is 0 Å². The summed E-state index contributed by atoms with van der Waals surface area (Å²) in [4.78, 5) is 0. The van der Waals surface area contributed by atoms with Crippen LogP contribution in [0.4, 0.5) is 0 Å². The van der Waals surface area contributed by atoms with Gasteiger partial charge in [0.25, 0.3) is 0 Å². The summed E-state index contributed by atoms with van der Waals surface area (Å²) in [5.41, 5.74) is 4.25. The van der Waals surface area contributed by atoms with Gasteiger partial charge in [-0.2, -0.15) is 0 Å². The predicted octanol–water partition coefficient (Wildman–Crippen LogP) is -2.33. The van der Waals surface area contributed by atoms with E-state index >= 15 is 0 Å². The molecular weight excluding hydrogens is 358 g/mol. The van der Waals surface area contributed by atoms with Crippen molar-refractivity contribution in [2.75, 3.05) is 0 Å². The Labute approximate surface area is 97.4 Å². The fourth-order valence-corrected chi connectivity index (χ4v) is 2.43. The molecule has 0 aliphatic carbocycles. The van der Waals surface area contributed by atoms with E-state index in [0.717, 1.165) is 0 Å². The molecule has 11 heavy (non-hydrogen) atoms. The molecule has 1 rings (SSSR count). The van der Waals surface area contributed by atoms with Crippen LogP contribution in [0.2, 0.25) is 0 Å². The van der Waals surface area contributed by atoms with Crippen molar-refractivity contribution in [3.63, 3.8) is 0 Å². The maximum absolute atomic E-state index is 2.40. The molecule has 0 saturated carbocycles. The molecule has 0 heterocycles. The lowest BCUT2D eigenvalue weighted by Gasteiger charge is -2.09. The fourth-order valence-electron chi connectivity index (χ4n) is 1.00. The number of rotatable bonds is 0. The molecule has 1 aromatic carbocycles. The van der Waals surface area contributed by atoms with Gasteiger partial charge in [-0.25, -0.2) is 0 Å². The smallest absolute Gasteiger partial charge is 0.100 e. The number of hydrogen-bond donors (Lipinski definition) is 0. The van der Waals surface area contributed by atoms with Crippen LogP contribution in [-0.4, -0.2) is 23.5 Å². The molecule has 0 nitrogen and oxygen atoms in total. The summed E-state index contributed by atoms with van der Waals surface area (Å²) < 4.78 is 2.76. The van der Waals surface area contributed by atoms with Gasteiger partial charge in [-0.05, 0) is 45.2 Å². The quantitative estimate of drug-likeness (QED) is 0.358. The van der Waals surface area contributed by atoms with E-state index in [0.29, 0.717) is 0 Å². The third kappa shape index (κ3) is 1.97. The van der Waals surface area contributed by atoms with Crippen LogP contribution in [0.5, 0.6) is 0 Å². The van der Waals surface area contributed by atoms with Crippen LogP contribution in [0.25, 0.3) is 0 Å². The van der Waals surface area contributed by atoms with Crippen LogP contribution in [-0.2, 0) is 0 Å². The molecule has 0 spiro atoms. The lowest BCUT2D eigenvalue weighted by atomic mass is 9.73. The molecular formula is C6H7B3I2. The molecule has 0 aromatic heterocycles. The van der Waals surface area contributed by atoms with E-state index < -0.39 is 0 Å². The average Bonchev–Trinajstić information content (AvgIpc) is 1.97. The van der Waals surface area contributed by atoms with Crippen LogP contribution < -0.4 is 16.4 Å². The maximum Gasteiger partial charge on any atom is 0.139 e. The van der Waals surface area contributed by atoms with Gasteiger partial charge in [0.2, 0.25) is 0 Å². The van der Waals surface area contributed by atoms with Crippen molar-refractivity contribution in [1.82, 2.24) is 0 Å². The highest BCUT2D eigenvalue weighted by molar-refractivity contribution is 14.1. The number of benzene rings is 1. The van der Waals surface area contributed by atoms with Crippen LogP contribution in [0.15, 0.2) is 6.07 Å². The van der Waals surface area contributed by atoms with Crippen LogP contribution >= 0.6 is 45.2 Å². The van der Waals surface area contributed by atoms with Gasteiger partial charge < -0.3 is 0 Å². The molecule has 0 radical (unpaired) electrons. The van der Waals surface area contributed by atoms with Gasteiger partial charge in [0, 0.05) is 7.14 Å². The molecule has 0 aliphatic heterocycles. The molecule has 1 aromatic rings. The molecule has 5 heteroatoms. The zero-order valence-electron chi connectivity index (χ0n) is 6.83. The summed E-state index contributed by atoms with van der Waals surface area (Å²) in [5.74, 6) is 0. The van der Waals surface area contributed by atoms with Gasteiger partial charge in [0.15, 0.2) is 0 Å². The first-order valence-corrected chi connectivity index (χ1v) is 5.61. The summed E-state index contributed by atoms with van der Waals surface area (Å²) in [6.07, 6.45) is 0. The summed E-state index contributed by atoms with van der Waals surface area (Å²) in [6, 6.07) is 2.24. The second-order valence-corrected chi connectivity index (χ2v) is 4.98. The normalized spacial score (nSPS) is 10.0. The second-order valence-electron chi connectivity index (χ2n) is 2.74. The van der Waals surface area contributed by atoms with Crippen molar-refractivity contribution >= 4 is 85.1 Å². The zero-order valence-corrected chi connectivity index (χ0v) is 11.1. The zero-order chi connectivity index (χ0) is 8.59. The highest BCUT2D eigenvalue weighted by atomic mass is 127. The van der Waals surface area contributed by atoms with Crippen molar-refractivity contribution in [3.8, 4) is 0 Å². The molecule has 0 unspecified atom stereocenters.